The van der Waals surface area contributed by atoms with Crippen molar-refractivity contribution in [1.82, 2.24) is 0 Å². The standard InChI is InChI=1S/C6H12AsN3O2/c7-4(5(11)12)2-1-3-10-6(8)9/h4H,1-3H2,(H,11,12)(H4,8,9,10). The number of carboxylic acid groups (broad SMARTS) is 1. The number of nitrogens with zero attached hydrogens (tertiary/aromatic N) is 1. The van der Waals surface area contributed by atoms with Crippen molar-refractivity contribution in [3.63, 3.8) is 0 Å². The Kier molecular flexibility index (Phi) is 5.54. The van der Waals surface area contributed by atoms with E-state index in [2.05, 4.69) is 21.8 Å². The normalized spacial score (nSPS) is 12.1. The fourth-order valence-corrected chi connectivity index (χ4v) is 0.999. The van der Waals surface area contributed by atoms with E-state index < -0.39 is 5.97 Å². The van der Waals surface area contributed by atoms with Gasteiger partial charge in [0.15, 0.2) is 0 Å². The maximum atomic E-state index is 10.3. The second-order valence-electron chi connectivity index (χ2n) is 2.30. The second kappa shape index (κ2) is 5.89. The van der Waals surface area contributed by atoms with Crippen LogP contribution in [0.15, 0.2) is 4.99 Å². The predicted octanol–water partition coefficient (Wildman–Crippen LogP) is -0.918. The molecule has 0 aromatic rings. The molecule has 0 bridgehead atoms. The summed E-state index contributed by atoms with van der Waals surface area (Å²) in [4.78, 5) is 14.1. The molecular formula is C6H12AsN3O2. The molecule has 0 aliphatic heterocycles. The zero-order chi connectivity index (χ0) is 9.56. The molecule has 0 saturated carbocycles. The minimum absolute atomic E-state index is 0.0486. The Morgan fingerprint density at radius 3 is 2.58 bits per heavy atom. The van der Waals surface area contributed by atoms with Crippen molar-refractivity contribution in [1.29, 1.82) is 0 Å². The maximum absolute atomic E-state index is 10.3. The molecule has 0 rings (SSSR count). The first-order chi connectivity index (χ1) is 5.54. The number of rotatable bonds is 5. The molecule has 2 radical (unpaired) electrons. The first-order valence-electron chi connectivity index (χ1n) is 3.50. The average molecular weight is 233 g/mol. The number of nitrogens with two attached hydrogens (primary N) is 2. The van der Waals surface area contributed by atoms with Gasteiger partial charge in [-0.2, -0.15) is 0 Å². The Morgan fingerprint density at radius 2 is 2.17 bits per heavy atom. The summed E-state index contributed by atoms with van der Waals surface area (Å²) < 4.78 is -0.383. The third kappa shape index (κ3) is 6.04. The Morgan fingerprint density at radius 1 is 1.58 bits per heavy atom. The van der Waals surface area contributed by atoms with Gasteiger partial charge in [0, 0.05) is 0 Å². The van der Waals surface area contributed by atoms with Gasteiger partial charge in [-0.15, -0.1) is 0 Å². The third-order valence-electron chi connectivity index (χ3n) is 1.22. The van der Waals surface area contributed by atoms with Gasteiger partial charge in [-0.05, 0) is 0 Å². The molecule has 0 amide bonds. The number of carboxylic acids is 1. The van der Waals surface area contributed by atoms with E-state index >= 15 is 0 Å². The van der Waals surface area contributed by atoms with Gasteiger partial charge in [0.1, 0.15) is 0 Å². The van der Waals surface area contributed by atoms with Gasteiger partial charge in [-0.1, -0.05) is 0 Å². The molecular weight excluding hydrogens is 221 g/mol. The Hall–Kier alpha value is -0.702. The molecule has 0 aromatic heterocycles. The van der Waals surface area contributed by atoms with E-state index in [4.69, 9.17) is 16.6 Å². The van der Waals surface area contributed by atoms with Crippen LogP contribution in [0.5, 0.6) is 0 Å². The molecule has 6 heteroatoms. The Bertz CT molecular complexity index is 180. The molecule has 0 aromatic carbocycles. The van der Waals surface area contributed by atoms with E-state index in [-0.39, 0.29) is 10.7 Å². The van der Waals surface area contributed by atoms with Gasteiger partial charge >= 0.3 is 79.2 Å². The van der Waals surface area contributed by atoms with Crippen LogP contribution >= 0.6 is 0 Å². The van der Waals surface area contributed by atoms with Crippen LogP contribution in [0.25, 0.3) is 0 Å². The summed E-state index contributed by atoms with van der Waals surface area (Å²) in [6, 6.07) is 0. The van der Waals surface area contributed by atoms with E-state index in [1.165, 1.54) is 0 Å². The SMILES string of the molecule is NC(N)=NCCCC([As])C(=O)O. The number of hydrogen-bond donors (Lipinski definition) is 3. The topological polar surface area (TPSA) is 102 Å². The van der Waals surface area contributed by atoms with E-state index in [1.54, 1.807) is 0 Å². The Balaban J connectivity index is 3.44. The van der Waals surface area contributed by atoms with Gasteiger partial charge in [0.25, 0.3) is 0 Å². The van der Waals surface area contributed by atoms with E-state index in [9.17, 15) is 4.79 Å². The number of hydrogen-bond acceptors (Lipinski definition) is 2. The van der Waals surface area contributed by atoms with Crippen LogP contribution in [-0.2, 0) is 4.79 Å². The van der Waals surface area contributed by atoms with Crippen LogP contribution in [0.4, 0.5) is 0 Å². The molecule has 68 valence electrons. The summed E-state index contributed by atoms with van der Waals surface area (Å²) in [6.45, 7) is 0.490. The zero-order valence-corrected chi connectivity index (χ0v) is 8.48. The van der Waals surface area contributed by atoms with Gasteiger partial charge in [-0.3, -0.25) is 0 Å². The number of carbonyl (C=O) groups is 1. The average Bonchev–Trinajstić information content (AvgIpc) is 1.97. The molecule has 12 heavy (non-hydrogen) atoms. The molecule has 0 spiro atoms. The fourth-order valence-electron chi connectivity index (χ4n) is 0.616. The molecule has 0 aliphatic rings. The number of aliphatic imine (C=N–C) groups is 1. The number of guanidine groups is 1. The third-order valence-corrected chi connectivity index (χ3v) is 2.22. The van der Waals surface area contributed by atoms with Gasteiger partial charge in [0.05, 0.1) is 0 Å². The van der Waals surface area contributed by atoms with Crippen molar-refractivity contribution in [2.45, 2.75) is 17.5 Å². The van der Waals surface area contributed by atoms with Crippen LogP contribution in [-0.4, -0.2) is 40.4 Å². The van der Waals surface area contributed by atoms with Crippen LogP contribution in [0.1, 0.15) is 12.8 Å². The first-order valence-corrected chi connectivity index (χ1v) is 4.58. The molecule has 1 unspecified atom stereocenters. The van der Waals surface area contributed by atoms with Gasteiger partial charge in [0.2, 0.25) is 0 Å². The van der Waals surface area contributed by atoms with Crippen LogP contribution in [0, 0.1) is 0 Å². The Labute approximate surface area is 79.7 Å². The van der Waals surface area contributed by atoms with Gasteiger partial charge < -0.3 is 0 Å². The van der Waals surface area contributed by atoms with E-state index in [0.29, 0.717) is 19.4 Å². The quantitative estimate of drug-likeness (QED) is 0.247. The predicted molar refractivity (Wildman–Crippen MR) is 47.1 cm³/mol. The van der Waals surface area contributed by atoms with Crippen molar-refractivity contribution in [3.8, 4) is 0 Å². The second-order valence-corrected chi connectivity index (χ2v) is 3.61. The molecule has 1 atom stereocenters. The monoisotopic (exact) mass is 233 g/mol. The summed E-state index contributed by atoms with van der Waals surface area (Å²) in [6.07, 6.45) is 1.26. The van der Waals surface area contributed by atoms with Crippen LogP contribution < -0.4 is 11.5 Å². The molecule has 0 heterocycles. The summed E-state index contributed by atoms with van der Waals surface area (Å²) in [7, 11) is 0. The molecule has 5 nitrogen and oxygen atoms in total. The molecule has 0 fully saturated rings. The molecule has 0 aliphatic carbocycles. The summed E-state index contributed by atoms with van der Waals surface area (Å²) in [5, 5.41) is 8.49. The van der Waals surface area contributed by atoms with Crippen molar-refractivity contribution in [2.24, 2.45) is 16.5 Å². The minimum atomic E-state index is -0.806. The molecule has 0 saturated heterocycles. The summed E-state index contributed by atoms with van der Waals surface area (Å²) in [5.41, 5.74) is 10.2. The van der Waals surface area contributed by atoms with Crippen LogP contribution in [0.3, 0.4) is 0 Å². The van der Waals surface area contributed by atoms with Crippen molar-refractivity contribution >= 4 is 28.8 Å². The van der Waals surface area contributed by atoms with Gasteiger partial charge in [-0.25, -0.2) is 0 Å². The summed E-state index contributed by atoms with van der Waals surface area (Å²) in [5.74, 6) is -0.757. The van der Waals surface area contributed by atoms with E-state index in [0.717, 1.165) is 0 Å². The fraction of sp³-hybridized carbons (Fsp3) is 0.667. The summed E-state index contributed by atoms with van der Waals surface area (Å²) >= 11 is 2.11. The van der Waals surface area contributed by atoms with Crippen molar-refractivity contribution < 1.29 is 9.90 Å². The molecule has 5 N–H and O–H groups in total. The first kappa shape index (κ1) is 11.3. The zero-order valence-electron chi connectivity index (χ0n) is 6.60. The number of aliphatic carboxylic acids is 1. The van der Waals surface area contributed by atoms with Crippen LogP contribution in [0.2, 0.25) is 4.71 Å². The van der Waals surface area contributed by atoms with E-state index in [1.807, 2.05) is 0 Å². The van der Waals surface area contributed by atoms with Crippen molar-refractivity contribution in [2.75, 3.05) is 6.54 Å². The van der Waals surface area contributed by atoms with Crippen molar-refractivity contribution in [3.05, 3.63) is 0 Å².